The molecule has 1 aromatic carbocycles. The van der Waals surface area contributed by atoms with Crippen LogP contribution in [0.2, 0.25) is 5.02 Å². The fourth-order valence-corrected chi connectivity index (χ4v) is 5.67. The summed E-state index contributed by atoms with van der Waals surface area (Å²) in [6.45, 7) is 9.12. The number of anilines is 1. The molecular formula is C29H29ClF2N6O3. The van der Waals surface area contributed by atoms with E-state index in [2.05, 4.69) is 15.3 Å². The number of hydrogen-bond donors (Lipinski definition) is 1. The average molecular weight is 583 g/mol. The molecule has 6 rings (SSSR count). The third-order valence-electron chi connectivity index (χ3n) is 7.41. The predicted octanol–water partition coefficient (Wildman–Crippen LogP) is 4.86. The minimum atomic E-state index is -0.778. The van der Waals surface area contributed by atoms with Gasteiger partial charge in [-0.25, -0.2) is 23.1 Å². The zero-order valence-electron chi connectivity index (χ0n) is 23.0. The Balaban J connectivity index is 1.77. The second-order valence-electron chi connectivity index (χ2n) is 10.7. The molecule has 1 saturated heterocycles. The van der Waals surface area contributed by atoms with Gasteiger partial charge in [-0.1, -0.05) is 25.4 Å². The molecule has 0 aliphatic carbocycles. The molecule has 0 amide bonds. The van der Waals surface area contributed by atoms with Crippen LogP contribution in [0.1, 0.15) is 39.3 Å². The summed E-state index contributed by atoms with van der Waals surface area (Å²) in [5.41, 5.74) is 0.205. The van der Waals surface area contributed by atoms with Crippen molar-refractivity contribution in [3.8, 4) is 28.4 Å². The van der Waals surface area contributed by atoms with Crippen molar-refractivity contribution >= 4 is 28.5 Å². The maximum atomic E-state index is 15.4. The number of rotatable bonds is 2. The molecule has 0 saturated carbocycles. The van der Waals surface area contributed by atoms with E-state index in [-0.39, 0.29) is 58.9 Å². The summed E-state index contributed by atoms with van der Waals surface area (Å²) in [4.78, 5) is 30.0. The molecule has 0 spiro atoms. The summed E-state index contributed by atoms with van der Waals surface area (Å²) in [6.07, 6.45) is 1.60. The van der Waals surface area contributed by atoms with Gasteiger partial charge in [0, 0.05) is 37.4 Å². The van der Waals surface area contributed by atoms with Crippen LogP contribution in [0, 0.1) is 11.6 Å². The molecule has 12 heteroatoms. The van der Waals surface area contributed by atoms with E-state index in [1.165, 1.54) is 4.57 Å². The van der Waals surface area contributed by atoms with Gasteiger partial charge in [0.15, 0.2) is 17.2 Å². The lowest BCUT2D eigenvalue weighted by molar-refractivity contribution is 0.211. The third-order valence-corrected chi connectivity index (χ3v) is 7.69. The summed E-state index contributed by atoms with van der Waals surface area (Å²) in [7, 11) is 0. The molecule has 0 unspecified atom stereocenters. The van der Waals surface area contributed by atoms with Crippen molar-refractivity contribution < 1.29 is 18.3 Å². The molecule has 4 aromatic rings. The first kappa shape index (κ1) is 27.3. The molecule has 2 atom stereocenters. The van der Waals surface area contributed by atoms with E-state index < -0.39 is 17.3 Å². The van der Waals surface area contributed by atoms with Gasteiger partial charge in [0.2, 0.25) is 0 Å². The van der Waals surface area contributed by atoms with Gasteiger partial charge in [0.05, 0.1) is 27.4 Å². The van der Waals surface area contributed by atoms with Crippen LogP contribution >= 0.6 is 11.6 Å². The highest BCUT2D eigenvalue weighted by Crippen LogP contribution is 2.41. The van der Waals surface area contributed by atoms with Gasteiger partial charge < -0.3 is 19.7 Å². The van der Waals surface area contributed by atoms with Crippen molar-refractivity contribution in [2.75, 3.05) is 31.2 Å². The lowest BCUT2D eigenvalue weighted by Crippen LogP contribution is -2.55. The third kappa shape index (κ3) is 4.66. The highest BCUT2D eigenvalue weighted by molar-refractivity contribution is 6.34. The first-order chi connectivity index (χ1) is 19.7. The van der Waals surface area contributed by atoms with E-state index in [0.717, 1.165) is 12.1 Å². The number of halogens is 3. The second-order valence-corrected chi connectivity index (χ2v) is 11.1. The molecule has 9 nitrogen and oxygen atoms in total. The Morgan fingerprint density at radius 2 is 1.85 bits per heavy atom. The quantitative estimate of drug-likeness (QED) is 0.358. The van der Waals surface area contributed by atoms with Crippen molar-refractivity contribution in [2.24, 2.45) is 0 Å². The van der Waals surface area contributed by atoms with Crippen LogP contribution < -0.4 is 25.4 Å². The molecule has 2 aliphatic heterocycles. The maximum Gasteiger partial charge on any atom is 0.356 e. The first-order valence-corrected chi connectivity index (χ1v) is 13.9. The van der Waals surface area contributed by atoms with Gasteiger partial charge >= 0.3 is 5.69 Å². The molecular weight excluding hydrogens is 554 g/mol. The van der Waals surface area contributed by atoms with Crippen LogP contribution in [0.5, 0.6) is 11.5 Å². The molecule has 214 valence electrons. The minimum absolute atomic E-state index is 0.00498. The second kappa shape index (κ2) is 10.5. The monoisotopic (exact) mass is 582 g/mol. The van der Waals surface area contributed by atoms with E-state index in [0.29, 0.717) is 41.4 Å². The Labute approximate surface area is 240 Å². The van der Waals surface area contributed by atoms with Gasteiger partial charge in [-0.2, -0.15) is 4.98 Å². The summed E-state index contributed by atoms with van der Waals surface area (Å²) in [6, 6.07) is 5.36. The van der Waals surface area contributed by atoms with Crippen LogP contribution in [-0.4, -0.2) is 57.9 Å². The van der Waals surface area contributed by atoms with Crippen molar-refractivity contribution in [2.45, 2.75) is 45.7 Å². The van der Waals surface area contributed by atoms with E-state index in [1.54, 1.807) is 18.3 Å². The van der Waals surface area contributed by atoms with Crippen molar-refractivity contribution in [1.82, 2.24) is 24.8 Å². The largest absolute Gasteiger partial charge is 0.488 e. The number of fused-ring (bicyclic) bond motifs is 5. The van der Waals surface area contributed by atoms with Gasteiger partial charge in [0.25, 0.3) is 0 Å². The van der Waals surface area contributed by atoms with E-state index in [9.17, 15) is 4.79 Å². The number of pyridine rings is 2. The van der Waals surface area contributed by atoms with E-state index >= 15 is 8.78 Å². The zero-order chi connectivity index (χ0) is 29.0. The number of nitrogens with zero attached hydrogens (tertiary/aromatic N) is 5. The molecule has 2 bridgehead atoms. The van der Waals surface area contributed by atoms with Crippen LogP contribution in [0.25, 0.3) is 28.0 Å². The Bertz CT molecular complexity index is 1730. The average Bonchev–Trinajstić information content (AvgIpc) is 2.93. The van der Waals surface area contributed by atoms with Crippen molar-refractivity contribution in [1.29, 1.82) is 0 Å². The topological polar surface area (TPSA) is 94.4 Å². The standard InChI is InChI=1S/C29H29ClF2N6O3/c1-14(2)23-25-21(7-8-33-23)40-9-10-41-26-20(32)6-5-19(31)22(26)24-18(30)11-17-27(36-29(39)38(25)28(17)35-24)37-13-15(3)34-12-16(37)4/h5-8,11,14-16,34H,9-10,12-13H2,1-4H3/t15-,16+/m1/s1. The van der Waals surface area contributed by atoms with Crippen molar-refractivity contribution in [3.63, 3.8) is 0 Å². The van der Waals surface area contributed by atoms with Crippen LogP contribution in [0.3, 0.4) is 0 Å². The highest BCUT2D eigenvalue weighted by atomic mass is 35.5. The normalized spacial score (nSPS) is 18.8. The van der Waals surface area contributed by atoms with Gasteiger partial charge in [-0.15, -0.1) is 0 Å². The number of piperazine rings is 1. The maximum absolute atomic E-state index is 15.4. The predicted molar refractivity (Wildman–Crippen MR) is 153 cm³/mol. The fourth-order valence-electron chi connectivity index (χ4n) is 5.42. The van der Waals surface area contributed by atoms with Crippen LogP contribution in [0.15, 0.2) is 35.3 Å². The zero-order valence-corrected chi connectivity index (χ0v) is 23.8. The Morgan fingerprint density at radius 3 is 2.63 bits per heavy atom. The van der Waals surface area contributed by atoms with Gasteiger partial charge in [-0.05, 0) is 38.0 Å². The summed E-state index contributed by atoms with van der Waals surface area (Å²) >= 11 is 6.79. The number of hydrogen-bond acceptors (Lipinski definition) is 8. The molecule has 5 heterocycles. The summed E-state index contributed by atoms with van der Waals surface area (Å²) < 4.78 is 43.5. The summed E-state index contributed by atoms with van der Waals surface area (Å²) in [5, 5.41) is 3.96. The number of benzene rings is 1. The number of aromatic nitrogens is 4. The minimum Gasteiger partial charge on any atom is -0.488 e. The van der Waals surface area contributed by atoms with Gasteiger partial charge in [0.1, 0.15) is 36.3 Å². The lowest BCUT2D eigenvalue weighted by atomic mass is 10.1. The first-order valence-electron chi connectivity index (χ1n) is 13.5. The molecule has 0 radical (unpaired) electrons. The Hall–Kier alpha value is -3.83. The summed E-state index contributed by atoms with van der Waals surface area (Å²) in [5.74, 6) is -1.23. The smallest absolute Gasteiger partial charge is 0.356 e. The van der Waals surface area contributed by atoms with E-state index in [4.69, 9.17) is 26.1 Å². The molecule has 3 aromatic heterocycles. The number of ether oxygens (including phenoxy) is 2. The van der Waals surface area contributed by atoms with E-state index in [1.807, 2.05) is 32.6 Å². The fraction of sp³-hybridized carbons (Fsp3) is 0.379. The molecule has 1 N–H and O–H groups in total. The highest BCUT2D eigenvalue weighted by Gasteiger charge is 2.31. The lowest BCUT2D eigenvalue weighted by Gasteiger charge is -2.38. The Kier molecular flexibility index (Phi) is 7.03. The Morgan fingerprint density at radius 1 is 1.10 bits per heavy atom. The SMILES string of the molecule is CC(C)c1nccc2c1-n1c(=O)nc(N3C[C@@H](C)NC[C@@H]3C)c3cc(Cl)c(nc31)-c1c(F)ccc(F)c1OCCO2. The van der Waals surface area contributed by atoms with Crippen LogP contribution in [0.4, 0.5) is 14.6 Å². The molecule has 1 fully saturated rings. The van der Waals surface area contributed by atoms with Crippen LogP contribution in [-0.2, 0) is 0 Å². The van der Waals surface area contributed by atoms with Crippen molar-refractivity contribution in [3.05, 3.63) is 63.3 Å². The molecule has 2 aliphatic rings. The molecule has 41 heavy (non-hydrogen) atoms. The van der Waals surface area contributed by atoms with Gasteiger partial charge in [-0.3, -0.25) is 4.98 Å². The number of nitrogens with one attached hydrogen (secondary N) is 1.